The minimum absolute atomic E-state index is 0.287. The summed E-state index contributed by atoms with van der Waals surface area (Å²) in [5, 5.41) is 17.4. The van der Waals surface area contributed by atoms with Crippen LogP contribution >= 0.6 is 27.5 Å². The molecule has 70 valence electrons. The van der Waals surface area contributed by atoms with E-state index in [-0.39, 0.29) is 4.62 Å². The number of hydrogen-bond acceptors (Lipinski definition) is 2. The highest BCUT2D eigenvalue weighted by Crippen LogP contribution is 2.20. The van der Waals surface area contributed by atoms with Crippen LogP contribution in [0.25, 0.3) is 0 Å². The van der Waals surface area contributed by atoms with Gasteiger partial charge in [0.15, 0.2) is 0 Å². The first-order valence-electron chi connectivity index (χ1n) is 3.76. The summed E-state index contributed by atoms with van der Waals surface area (Å²) in [4.78, 5) is 0. The molecule has 0 bridgehead atoms. The van der Waals surface area contributed by atoms with Gasteiger partial charge in [0.05, 0.1) is 10.7 Å². The molecule has 0 aliphatic carbocycles. The fourth-order valence-corrected chi connectivity index (χ4v) is 1.41. The fraction of sp³-hybridized carbons (Fsp3) is 0.222. The lowest BCUT2D eigenvalue weighted by molar-refractivity contribution is 0.187. The lowest BCUT2D eigenvalue weighted by Crippen LogP contribution is -2.00. The van der Waals surface area contributed by atoms with Crippen LogP contribution in [0.4, 0.5) is 0 Å². The third-order valence-electron chi connectivity index (χ3n) is 1.63. The summed E-state index contributed by atoms with van der Waals surface area (Å²) in [6.07, 6.45) is -0.342. The van der Waals surface area contributed by atoms with Crippen molar-refractivity contribution in [3.05, 3.63) is 34.9 Å². The Labute approximate surface area is 90.2 Å². The van der Waals surface area contributed by atoms with Gasteiger partial charge in [-0.05, 0) is 33.6 Å². The van der Waals surface area contributed by atoms with Crippen molar-refractivity contribution in [1.29, 1.82) is 5.41 Å². The van der Waals surface area contributed by atoms with Gasteiger partial charge >= 0.3 is 0 Å². The molecule has 13 heavy (non-hydrogen) atoms. The van der Waals surface area contributed by atoms with E-state index in [9.17, 15) is 5.11 Å². The third-order valence-corrected chi connectivity index (χ3v) is 2.20. The van der Waals surface area contributed by atoms with Crippen molar-refractivity contribution in [2.45, 2.75) is 12.5 Å². The highest BCUT2D eigenvalue weighted by atomic mass is 79.9. The van der Waals surface area contributed by atoms with E-state index in [4.69, 9.17) is 17.0 Å². The van der Waals surface area contributed by atoms with Crippen LogP contribution in [0.5, 0.6) is 0 Å². The van der Waals surface area contributed by atoms with Gasteiger partial charge in [-0.3, -0.25) is 5.41 Å². The normalized spacial score (nSPS) is 12.5. The van der Waals surface area contributed by atoms with Crippen LogP contribution in [0.1, 0.15) is 18.1 Å². The number of aliphatic hydroxyl groups excluding tert-OH is 1. The molecule has 0 saturated heterocycles. The summed E-state index contributed by atoms with van der Waals surface area (Å²) in [6, 6.07) is 6.95. The zero-order valence-electron chi connectivity index (χ0n) is 6.80. The second kappa shape index (κ2) is 4.74. The van der Waals surface area contributed by atoms with E-state index < -0.39 is 6.10 Å². The van der Waals surface area contributed by atoms with E-state index >= 15 is 0 Å². The molecule has 0 aliphatic rings. The Morgan fingerprint density at radius 1 is 1.46 bits per heavy atom. The molecule has 1 rings (SSSR count). The van der Waals surface area contributed by atoms with Crippen LogP contribution in [-0.2, 0) is 0 Å². The first kappa shape index (κ1) is 10.7. The smallest absolute Gasteiger partial charge is 0.0850 e. The van der Waals surface area contributed by atoms with Crippen LogP contribution in [0, 0.1) is 5.41 Å². The first-order chi connectivity index (χ1) is 6.09. The molecule has 0 aliphatic heterocycles. The molecule has 0 aromatic heterocycles. The molecular formula is C9H9BrClNO. The Kier molecular flexibility index (Phi) is 3.90. The van der Waals surface area contributed by atoms with Crippen molar-refractivity contribution in [3.63, 3.8) is 0 Å². The van der Waals surface area contributed by atoms with Crippen molar-refractivity contribution >= 4 is 32.2 Å². The minimum Gasteiger partial charge on any atom is -0.388 e. The zero-order valence-corrected chi connectivity index (χ0v) is 9.14. The SMILES string of the molecule is N=C(Br)CC(O)c1ccc(Cl)cc1. The largest absolute Gasteiger partial charge is 0.388 e. The number of rotatable bonds is 3. The summed E-state index contributed by atoms with van der Waals surface area (Å²) in [7, 11) is 0. The molecule has 4 heteroatoms. The first-order valence-corrected chi connectivity index (χ1v) is 4.93. The molecule has 0 spiro atoms. The molecule has 0 saturated carbocycles. The van der Waals surface area contributed by atoms with E-state index in [2.05, 4.69) is 15.9 Å². The van der Waals surface area contributed by atoms with E-state index in [1.54, 1.807) is 24.3 Å². The van der Waals surface area contributed by atoms with Crippen LogP contribution in [0.3, 0.4) is 0 Å². The summed E-state index contributed by atoms with van der Waals surface area (Å²) in [5.74, 6) is 0. The van der Waals surface area contributed by atoms with Crippen molar-refractivity contribution < 1.29 is 5.11 Å². The Bertz CT molecular complexity index is 299. The van der Waals surface area contributed by atoms with Gasteiger partial charge in [0, 0.05) is 11.4 Å². The topological polar surface area (TPSA) is 44.1 Å². The monoisotopic (exact) mass is 261 g/mol. The number of hydrogen-bond donors (Lipinski definition) is 2. The van der Waals surface area contributed by atoms with Gasteiger partial charge < -0.3 is 5.11 Å². The van der Waals surface area contributed by atoms with Crippen LogP contribution < -0.4 is 0 Å². The molecule has 1 atom stereocenters. The summed E-state index contributed by atoms with van der Waals surface area (Å²) < 4.78 is 0.287. The second-order valence-electron chi connectivity index (χ2n) is 2.68. The third kappa shape index (κ3) is 3.46. The average Bonchev–Trinajstić information content (AvgIpc) is 2.04. The molecule has 0 radical (unpaired) electrons. The van der Waals surface area contributed by atoms with Gasteiger partial charge in [-0.25, -0.2) is 0 Å². The van der Waals surface area contributed by atoms with Crippen molar-refractivity contribution in [1.82, 2.24) is 0 Å². The minimum atomic E-state index is -0.635. The maximum absolute atomic E-state index is 9.57. The molecule has 0 fully saturated rings. The van der Waals surface area contributed by atoms with Crippen LogP contribution in [0.15, 0.2) is 24.3 Å². The van der Waals surface area contributed by atoms with Gasteiger partial charge in [0.2, 0.25) is 0 Å². The lowest BCUT2D eigenvalue weighted by atomic mass is 10.1. The van der Waals surface area contributed by atoms with Crippen LogP contribution in [-0.4, -0.2) is 9.73 Å². The van der Waals surface area contributed by atoms with E-state index in [0.29, 0.717) is 11.4 Å². The predicted octanol–water partition coefficient (Wildman–Crippen LogP) is 3.14. The molecule has 1 unspecified atom stereocenters. The van der Waals surface area contributed by atoms with Crippen LogP contribution in [0.2, 0.25) is 5.02 Å². The average molecular weight is 263 g/mol. The summed E-state index contributed by atoms with van der Waals surface area (Å²) in [6.45, 7) is 0. The van der Waals surface area contributed by atoms with E-state index in [1.807, 2.05) is 0 Å². The van der Waals surface area contributed by atoms with Gasteiger partial charge in [0.25, 0.3) is 0 Å². The number of nitrogens with one attached hydrogen (secondary N) is 1. The van der Waals surface area contributed by atoms with Gasteiger partial charge in [-0.1, -0.05) is 23.7 Å². The Morgan fingerprint density at radius 2 is 2.00 bits per heavy atom. The zero-order chi connectivity index (χ0) is 9.84. The van der Waals surface area contributed by atoms with Crippen molar-refractivity contribution in [2.75, 3.05) is 0 Å². The fourth-order valence-electron chi connectivity index (χ4n) is 0.973. The summed E-state index contributed by atoms with van der Waals surface area (Å²) >= 11 is 8.67. The quantitative estimate of drug-likeness (QED) is 0.808. The van der Waals surface area contributed by atoms with Gasteiger partial charge in [-0.15, -0.1) is 0 Å². The molecule has 0 heterocycles. The predicted molar refractivity (Wildman–Crippen MR) is 57.7 cm³/mol. The van der Waals surface area contributed by atoms with Gasteiger partial charge in [-0.2, -0.15) is 0 Å². The maximum Gasteiger partial charge on any atom is 0.0850 e. The Morgan fingerprint density at radius 3 is 2.46 bits per heavy atom. The molecule has 1 aromatic carbocycles. The maximum atomic E-state index is 9.57. The van der Waals surface area contributed by atoms with E-state index in [0.717, 1.165) is 5.56 Å². The van der Waals surface area contributed by atoms with E-state index in [1.165, 1.54) is 0 Å². The number of halogens is 2. The van der Waals surface area contributed by atoms with Crippen molar-refractivity contribution in [3.8, 4) is 0 Å². The highest BCUT2D eigenvalue weighted by Gasteiger charge is 2.08. The standard InChI is InChI=1S/C9H9BrClNO/c10-9(12)5-8(13)6-1-3-7(11)4-2-6/h1-4,8,12-13H,5H2. The number of aliphatic hydroxyl groups is 1. The molecule has 2 nitrogen and oxygen atoms in total. The molecule has 2 N–H and O–H groups in total. The second-order valence-corrected chi connectivity index (χ2v) is 4.07. The molecule has 0 amide bonds. The lowest BCUT2D eigenvalue weighted by Gasteiger charge is -2.08. The highest BCUT2D eigenvalue weighted by molar-refractivity contribution is 9.18. The molecule has 1 aromatic rings. The number of benzene rings is 1. The Balaban J connectivity index is 2.71. The summed E-state index contributed by atoms with van der Waals surface area (Å²) in [5.41, 5.74) is 0.772. The van der Waals surface area contributed by atoms with Gasteiger partial charge in [0.1, 0.15) is 0 Å². The Hall–Kier alpha value is -0.380. The molecular weight excluding hydrogens is 253 g/mol. The van der Waals surface area contributed by atoms with Crippen molar-refractivity contribution in [2.24, 2.45) is 0 Å².